The van der Waals surface area contributed by atoms with Gasteiger partial charge in [-0.25, -0.2) is 0 Å². The van der Waals surface area contributed by atoms with Crippen LogP contribution < -0.4 is 0 Å². The maximum atomic E-state index is 3.55. The van der Waals surface area contributed by atoms with Crippen molar-refractivity contribution in [3.05, 3.63) is 89.4 Å². The largest absolute Gasteiger partial charge is 0.309 e. The summed E-state index contributed by atoms with van der Waals surface area (Å²) in [4.78, 5) is 0. The van der Waals surface area contributed by atoms with E-state index in [1.165, 1.54) is 38.3 Å². The lowest BCUT2D eigenvalue weighted by Gasteiger charge is -2.09. The average molecular weight is 372 g/mol. The van der Waals surface area contributed by atoms with Gasteiger partial charge in [0.15, 0.2) is 0 Å². The van der Waals surface area contributed by atoms with Crippen molar-refractivity contribution < 1.29 is 0 Å². The third-order valence-corrected chi connectivity index (χ3v) is 5.12. The van der Waals surface area contributed by atoms with Gasteiger partial charge in [0.25, 0.3) is 0 Å². The smallest absolute Gasteiger partial charge is 0.0541 e. The van der Waals surface area contributed by atoms with Gasteiger partial charge in [0.2, 0.25) is 0 Å². The number of fused-ring (bicyclic) bond motifs is 4. The Kier molecular flexibility index (Phi) is 3.00. The number of rotatable bonds is 1. The summed E-state index contributed by atoms with van der Waals surface area (Å²) in [6.07, 6.45) is 0. The molecule has 0 aliphatic heterocycles. The fourth-order valence-corrected chi connectivity index (χ4v) is 3.92. The lowest BCUT2D eigenvalue weighted by Crippen LogP contribution is -1.93. The Morgan fingerprint density at radius 1 is 0.583 bits per heavy atom. The molecule has 1 nitrogen and oxygen atoms in total. The molecule has 5 aromatic rings. The van der Waals surface area contributed by atoms with Crippen LogP contribution in [0.15, 0.2) is 89.4 Å². The molecule has 1 heterocycles. The fraction of sp³-hybridized carbons (Fsp3) is 0. The Hall–Kier alpha value is -2.58. The second kappa shape index (κ2) is 5.22. The quantitative estimate of drug-likeness (QED) is 0.309. The maximum Gasteiger partial charge on any atom is 0.0541 e. The maximum absolute atomic E-state index is 3.55. The summed E-state index contributed by atoms with van der Waals surface area (Å²) >= 11 is 3.55. The molecular weight excluding hydrogens is 358 g/mol. The molecular formula is C22H14BrN. The minimum Gasteiger partial charge on any atom is -0.309 e. The highest BCUT2D eigenvalue weighted by Crippen LogP contribution is 2.32. The molecule has 0 aliphatic carbocycles. The second-order valence-electron chi connectivity index (χ2n) is 6.05. The van der Waals surface area contributed by atoms with Gasteiger partial charge in [0.05, 0.1) is 11.0 Å². The number of para-hydroxylation sites is 2. The van der Waals surface area contributed by atoms with Crippen LogP contribution in [0.3, 0.4) is 0 Å². The number of benzene rings is 4. The summed E-state index contributed by atoms with van der Waals surface area (Å²) in [5.41, 5.74) is 3.69. The average Bonchev–Trinajstić information content (AvgIpc) is 2.96. The monoisotopic (exact) mass is 371 g/mol. The topological polar surface area (TPSA) is 4.93 Å². The first kappa shape index (κ1) is 13.8. The van der Waals surface area contributed by atoms with E-state index in [0.29, 0.717) is 0 Å². The highest BCUT2D eigenvalue weighted by molar-refractivity contribution is 9.10. The van der Waals surface area contributed by atoms with Crippen molar-refractivity contribution in [2.45, 2.75) is 0 Å². The molecule has 0 unspecified atom stereocenters. The Balaban J connectivity index is 1.89. The summed E-state index contributed by atoms with van der Waals surface area (Å²) in [7, 11) is 0. The molecule has 0 N–H and O–H groups in total. The molecule has 5 rings (SSSR count). The van der Waals surface area contributed by atoms with Gasteiger partial charge >= 0.3 is 0 Å². The van der Waals surface area contributed by atoms with Gasteiger partial charge in [0.1, 0.15) is 0 Å². The molecule has 114 valence electrons. The predicted octanol–water partition coefficient (Wildman–Crippen LogP) is 6.70. The second-order valence-corrected chi connectivity index (χ2v) is 6.96. The zero-order chi connectivity index (χ0) is 16.1. The van der Waals surface area contributed by atoms with Crippen LogP contribution in [-0.2, 0) is 0 Å². The van der Waals surface area contributed by atoms with E-state index in [0.717, 1.165) is 4.47 Å². The lowest BCUT2D eigenvalue weighted by atomic mass is 10.1. The van der Waals surface area contributed by atoms with Gasteiger partial charge in [-0.15, -0.1) is 0 Å². The van der Waals surface area contributed by atoms with Gasteiger partial charge in [-0.05, 0) is 47.2 Å². The van der Waals surface area contributed by atoms with Gasteiger partial charge < -0.3 is 4.57 Å². The van der Waals surface area contributed by atoms with Gasteiger partial charge in [-0.2, -0.15) is 0 Å². The fourth-order valence-electron chi connectivity index (χ4n) is 3.54. The van der Waals surface area contributed by atoms with E-state index in [-0.39, 0.29) is 0 Å². The standard InChI is InChI=1S/C22H14BrN/c23-17-11-9-16-14-18(12-10-15(16)13-17)24-21-7-3-1-5-19(21)20-6-2-4-8-22(20)24/h1-14H. The van der Waals surface area contributed by atoms with Crippen molar-refractivity contribution in [1.82, 2.24) is 4.57 Å². The molecule has 24 heavy (non-hydrogen) atoms. The first-order chi connectivity index (χ1) is 11.8. The van der Waals surface area contributed by atoms with Crippen molar-refractivity contribution >= 4 is 48.5 Å². The Labute approximate surface area is 148 Å². The van der Waals surface area contributed by atoms with E-state index < -0.39 is 0 Å². The van der Waals surface area contributed by atoms with Crippen LogP contribution in [0.25, 0.3) is 38.3 Å². The van der Waals surface area contributed by atoms with Crippen LogP contribution in [0.1, 0.15) is 0 Å². The van der Waals surface area contributed by atoms with Crippen LogP contribution in [0.2, 0.25) is 0 Å². The highest BCUT2D eigenvalue weighted by Gasteiger charge is 2.11. The third kappa shape index (κ3) is 2.00. The van der Waals surface area contributed by atoms with Crippen LogP contribution in [0, 0.1) is 0 Å². The summed E-state index contributed by atoms with van der Waals surface area (Å²) in [5, 5.41) is 5.08. The Bertz CT molecular complexity index is 1160. The lowest BCUT2D eigenvalue weighted by molar-refractivity contribution is 1.19. The number of halogens is 1. The first-order valence-corrected chi connectivity index (χ1v) is 8.78. The third-order valence-electron chi connectivity index (χ3n) is 4.62. The molecule has 0 fully saturated rings. The van der Waals surface area contributed by atoms with E-state index in [1.54, 1.807) is 0 Å². The number of hydrogen-bond donors (Lipinski definition) is 0. The van der Waals surface area contributed by atoms with Crippen molar-refractivity contribution in [3.8, 4) is 5.69 Å². The van der Waals surface area contributed by atoms with Crippen LogP contribution >= 0.6 is 15.9 Å². The minimum atomic E-state index is 1.11. The molecule has 2 heteroatoms. The highest BCUT2D eigenvalue weighted by atomic mass is 79.9. The molecule has 1 aromatic heterocycles. The summed E-state index contributed by atoms with van der Waals surface area (Å²) < 4.78 is 3.46. The Morgan fingerprint density at radius 2 is 1.17 bits per heavy atom. The van der Waals surface area contributed by atoms with E-state index in [2.05, 4.69) is 105 Å². The molecule has 4 aromatic carbocycles. The van der Waals surface area contributed by atoms with E-state index in [1.807, 2.05) is 0 Å². The predicted molar refractivity (Wildman–Crippen MR) is 106 cm³/mol. The normalized spacial score (nSPS) is 11.5. The zero-order valence-electron chi connectivity index (χ0n) is 12.9. The van der Waals surface area contributed by atoms with Crippen molar-refractivity contribution in [1.29, 1.82) is 0 Å². The number of hydrogen-bond acceptors (Lipinski definition) is 0. The van der Waals surface area contributed by atoms with Crippen molar-refractivity contribution in [2.75, 3.05) is 0 Å². The van der Waals surface area contributed by atoms with Gasteiger partial charge in [0, 0.05) is 20.9 Å². The van der Waals surface area contributed by atoms with Crippen LogP contribution in [-0.4, -0.2) is 4.57 Å². The van der Waals surface area contributed by atoms with E-state index >= 15 is 0 Å². The molecule has 0 atom stereocenters. The molecule has 0 bridgehead atoms. The molecule has 0 saturated carbocycles. The zero-order valence-corrected chi connectivity index (χ0v) is 14.5. The Morgan fingerprint density at radius 3 is 1.88 bits per heavy atom. The van der Waals surface area contributed by atoms with Gasteiger partial charge in [-0.1, -0.05) is 64.5 Å². The van der Waals surface area contributed by atoms with Crippen molar-refractivity contribution in [2.24, 2.45) is 0 Å². The van der Waals surface area contributed by atoms with Gasteiger partial charge in [-0.3, -0.25) is 0 Å². The molecule has 0 amide bonds. The SMILES string of the molecule is Brc1ccc2cc(-n3c4ccccc4c4ccccc43)ccc2c1. The van der Waals surface area contributed by atoms with E-state index in [4.69, 9.17) is 0 Å². The first-order valence-electron chi connectivity index (χ1n) is 7.99. The number of aromatic nitrogens is 1. The minimum absolute atomic E-state index is 1.11. The molecule has 0 radical (unpaired) electrons. The van der Waals surface area contributed by atoms with E-state index in [9.17, 15) is 0 Å². The molecule has 0 saturated heterocycles. The summed E-state index contributed by atoms with van der Waals surface area (Å²) in [5.74, 6) is 0. The van der Waals surface area contributed by atoms with Crippen molar-refractivity contribution in [3.63, 3.8) is 0 Å². The number of nitrogens with zero attached hydrogens (tertiary/aromatic N) is 1. The molecule has 0 aliphatic rings. The molecule has 0 spiro atoms. The van der Waals surface area contributed by atoms with Crippen LogP contribution in [0.5, 0.6) is 0 Å². The van der Waals surface area contributed by atoms with Crippen LogP contribution in [0.4, 0.5) is 0 Å². The summed E-state index contributed by atoms with van der Waals surface area (Å²) in [6.45, 7) is 0. The summed E-state index contributed by atoms with van der Waals surface area (Å²) in [6, 6.07) is 30.3.